The Morgan fingerprint density at radius 2 is 1.83 bits per heavy atom. The van der Waals surface area contributed by atoms with Crippen molar-refractivity contribution >= 4 is 0 Å². The number of aryl methyl sites for hydroxylation is 1. The molecule has 18 heavy (non-hydrogen) atoms. The molecule has 0 heterocycles. The van der Waals surface area contributed by atoms with Gasteiger partial charge in [-0.3, -0.25) is 0 Å². The zero-order chi connectivity index (χ0) is 13.8. The van der Waals surface area contributed by atoms with E-state index >= 15 is 0 Å². The molecule has 0 saturated carbocycles. The van der Waals surface area contributed by atoms with Crippen LogP contribution in [0.25, 0.3) is 0 Å². The van der Waals surface area contributed by atoms with E-state index in [2.05, 4.69) is 71.6 Å². The molecule has 0 aliphatic carbocycles. The van der Waals surface area contributed by atoms with E-state index in [4.69, 9.17) is 0 Å². The Morgan fingerprint density at radius 1 is 1.17 bits per heavy atom. The first-order valence-corrected chi connectivity index (χ1v) is 6.93. The standard InChI is InChI=1S/C18H26/c1-7-8-9-10-14(2)16-12-11-15(3)17(13-16)18(4,5)6/h11-14H,7,10H2,1-6H3. The summed E-state index contributed by atoms with van der Waals surface area (Å²) in [6.07, 6.45) is 1.91. The summed E-state index contributed by atoms with van der Waals surface area (Å²) < 4.78 is 0. The van der Waals surface area contributed by atoms with Gasteiger partial charge < -0.3 is 0 Å². The normalized spacial score (nSPS) is 12.8. The summed E-state index contributed by atoms with van der Waals surface area (Å²) in [5, 5.41) is 0. The van der Waals surface area contributed by atoms with E-state index in [1.54, 1.807) is 0 Å². The molecule has 0 bridgehead atoms. The Labute approximate surface area is 113 Å². The lowest BCUT2D eigenvalue weighted by atomic mass is 9.81. The first kappa shape index (κ1) is 14.8. The van der Waals surface area contributed by atoms with Crippen molar-refractivity contribution in [2.75, 3.05) is 0 Å². The van der Waals surface area contributed by atoms with Crippen molar-refractivity contribution in [3.63, 3.8) is 0 Å². The van der Waals surface area contributed by atoms with Crippen LogP contribution in [0, 0.1) is 18.8 Å². The third kappa shape index (κ3) is 3.91. The minimum absolute atomic E-state index is 0.217. The Kier molecular flexibility index (Phi) is 5.03. The van der Waals surface area contributed by atoms with Gasteiger partial charge in [0.1, 0.15) is 0 Å². The zero-order valence-electron chi connectivity index (χ0n) is 12.7. The van der Waals surface area contributed by atoms with E-state index in [9.17, 15) is 0 Å². The van der Waals surface area contributed by atoms with E-state index in [-0.39, 0.29) is 5.41 Å². The quantitative estimate of drug-likeness (QED) is 0.625. The highest BCUT2D eigenvalue weighted by Gasteiger charge is 2.17. The maximum Gasteiger partial charge on any atom is 0.0155 e. The molecular weight excluding hydrogens is 216 g/mol. The molecule has 1 aromatic rings. The lowest BCUT2D eigenvalue weighted by Crippen LogP contribution is -2.13. The molecule has 0 fully saturated rings. The minimum Gasteiger partial charge on any atom is -0.104 e. The lowest BCUT2D eigenvalue weighted by Gasteiger charge is -2.23. The van der Waals surface area contributed by atoms with Gasteiger partial charge in [0.25, 0.3) is 0 Å². The Morgan fingerprint density at radius 3 is 2.39 bits per heavy atom. The Balaban J connectivity index is 2.98. The lowest BCUT2D eigenvalue weighted by molar-refractivity contribution is 0.584. The fourth-order valence-electron chi connectivity index (χ4n) is 2.22. The van der Waals surface area contributed by atoms with Crippen molar-refractivity contribution in [3.8, 4) is 11.8 Å². The van der Waals surface area contributed by atoms with Crippen LogP contribution in [0.5, 0.6) is 0 Å². The van der Waals surface area contributed by atoms with E-state index in [0.717, 1.165) is 12.8 Å². The first-order chi connectivity index (χ1) is 8.36. The highest BCUT2D eigenvalue weighted by molar-refractivity contribution is 5.37. The molecule has 1 rings (SSSR count). The van der Waals surface area contributed by atoms with Crippen LogP contribution in [0.4, 0.5) is 0 Å². The van der Waals surface area contributed by atoms with Crippen LogP contribution >= 0.6 is 0 Å². The molecule has 98 valence electrons. The number of rotatable bonds is 2. The van der Waals surface area contributed by atoms with Crippen molar-refractivity contribution in [2.45, 2.75) is 65.7 Å². The van der Waals surface area contributed by atoms with Gasteiger partial charge in [0, 0.05) is 12.8 Å². The number of hydrogen-bond donors (Lipinski definition) is 0. The molecule has 0 spiro atoms. The predicted octanol–water partition coefficient (Wildman–Crippen LogP) is 5.20. The SMILES string of the molecule is CCC#CCC(C)c1ccc(C)c(C(C)(C)C)c1. The van der Waals surface area contributed by atoms with Crippen molar-refractivity contribution in [2.24, 2.45) is 0 Å². The molecule has 0 aliphatic rings. The van der Waals surface area contributed by atoms with Crippen molar-refractivity contribution in [1.29, 1.82) is 0 Å². The van der Waals surface area contributed by atoms with Crippen LogP contribution in [0.2, 0.25) is 0 Å². The van der Waals surface area contributed by atoms with Gasteiger partial charge in [-0.05, 0) is 34.9 Å². The molecule has 1 unspecified atom stereocenters. The van der Waals surface area contributed by atoms with Gasteiger partial charge in [-0.25, -0.2) is 0 Å². The van der Waals surface area contributed by atoms with E-state index in [0.29, 0.717) is 5.92 Å². The molecule has 0 amide bonds. The van der Waals surface area contributed by atoms with Crippen LogP contribution in [-0.2, 0) is 5.41 Å². The molecule has 1 aromatic carbocycles. The van der Waals surface area contributed by atoms with Crippen LogP contribution < -0.4 is 0 Å². The van der Waals surface area contributed by atoms with Crippen molar-refractivity contribution in [1.82, 2.24) is 0 Å². The summed E-state index contributed by atoms with van der Waals surface area (Å²) in [5.74, 6) is 6.93. The fourth-order valence-corrected chi connectivity index (χ4v) is 2.22. The van der Waals surface area contributed by atoms with Crippen LogP contribution in [0.1, 0.15) is 70.1 Å². The Hall–Kier alpha value is -1.22. The zero-order valence-corrected chi connectivity index (χ0v) is 12.7. The van der Waals surface area contributed by atoms with Gasteiger partial charge in [0.15, 0.2) is 0 Å². The van der Waals surface area contributed by atoms with E-state index in [1.807, 2.05) is 0 Å². The third-order valence-corrected chi connectivity index (χ3v) is 3.35. The third-order valence-electron chi connectivity index (χ3n) is 3.35. The molecule has 0 saturated heterocycles. The summed E-state index contributed by atoms with van der Waals surface area (Å²) in [6.45, 7) is 13.4. The molecule has 0 aromatic heterocycles. The van der Waals surface area contributed by atoms with Gasteiger partial charge in [-0.2, -0.15) is 0 Å². The largest absolute Gasteiger partial charge is 0.104 e. The van der Waals surface area contributed by atoms with Crippen LogP contribution in [0.3, 0.4) is 0 Å². The van der Waals surface area contributed by atoms with Gasteiger partial charge in [-0.1, -0.05) is 52.8 Å². The van der Waals surface area contributed by atoms with E-state index < -0.39 is 0 Å². The number of benzene rings is 1. The minimum atomic E-state index is 0.217. The number of hydrogen-bond acceptors (Lipinski definition) is 0. The van der Waals surface area contributed by atoms with Gasteiger partial charge in [-0.15, -0.1) is 11.8 Å². The monoisotopic (exact) mass is 242 g/mol. The van der Waals surface area contributed by atoms with E-state index in [1.165, 1.54) is 16.7 Å². The summed E-state index contributed by atoms with van der Waals surface area (Å²) >= 11 is 0. The highest BCUT2D eigenvalue weighted by atomic mass is 14.2. The molecule has 0 aliphatic heterocycles. The molecule has 0 nitrogen and oxygen atoms in total. The summed E-state index contributed by atoms with van der Waals surface area (Å²) in [7, 11) is 0. The maximum absolute atomic E-state index is 3.26. The second kappa shape index (κ2) is 6.10. The molecule has 0 N–H and O–H groups in total. The summed E-state index contributed by atoms with van der Waals surface area (Å²) in [4.78, 5) is 0. The fraction of sp³-hybridized carbons (Fsp3) is 0.556. The van der Waals surface area contributed by atoms with Crippen LogP contribution in [0.15, 0.2) is 18.2 Å². The van der Waals surface area contributed by atoms with Gasteiger partial charge in [0.05, 0.1) is 0 Å². The first-order valence-electron chi connectivity index (χ1n) is 6.93. The predicted molar refractivity (Wildman–Crippen MR) is 81.0 cm³/mol. The maximum atomic E-state index is 3.26. The molecule has 0 radical (unpaired) electrons. The average Bonchev–Trinajstić information content (AvgIpc) is 2.28. The second-order valence-electron chi connectivity index (χ2n) is 6.14. The highest BCUT2D eigenvalue weighted by Crippen LogP contribution is 2.29. The van der Waals surface area contributed by atoms with Crippen molar-refractivity contribution < 1.29 is 0 Å². The van der Waals surface area contributed by atoms with Crippen molar-refractivity contribution in [3.05, 3.63) is 34.9 Å². The topological polar surface area (TPSA) is 0 Å². The van der Waals surface area contributed by atoms with Gasteiger partial charge >= 0.3 is 0 Å². The van der Waals surface area contributed by atoms with Gasteiger partial charge in [0.2, 0.25) is 0 Å². The summed E-state index contributed by atoms with van der Waals surface area (Å²) in [5.41, 5.74) is 4.47. The molecular formula is C18H26. The van der Waals surface area contributed by atoms with Crippen LogP contribution in [-0.4, -0.2) is 0 Å². The second-order valence-corrected chi connectivity index (χ2v) is 6.14. The molecule has 0 heteroatoms. The molecule has 1 atom stereocenters. The Bertz CT molecular complexity index is 449. The summed E-state index contributed by atoms with van der Waals surface area (Å²) in [6, 6.07) is 6.87. The average molecular weight is 242 g/mol. The smallest absolute Gasteiger partial charge is 0.0155 e.